The van der Waals surface area contributed by atoms with E-state index < -0.39 is 0 Å². The number of aryl methyl sites for hydroxylation is 2. The van der Waals surface area contributed by atoms with Crippen molar-refractivity contribution in [2.24, 2.45) is 5.73 Å². The van der Waals surface area contributed by atoms with Gasteiger partial charge in [0.1, 0.15) is 16.5 Å². The second-order valence-corrected chi connectivity index (χ2v) is 5.25. The molecule has 0 fully saturated rings. The van der Waals surface area contributed by atoms with E-state index in [2.05, 4.69) is 0 Å². The number of ether oxygens (including phenoxy) is 1. The van der Waals surface area contributed by atoms with Crippen molar-refractivity contribution in [1.29, 1.82) is 0 Å². The molecule has 0 amide bonds. The first-order valence-electron chi connectivity index (χ1n) is 5.82. The highest BCUT2D eigenvalue weighted by Gasteiger charge is 2.10. The summed E-state index contributed by atoms with van der Waals surface area (Å²) in [6.45, 7) is 3.96. The minimum Gasteiger partial charge on any atom is -0.455 e. The minimum absolute atomic E-state index is 0.304. The van der Waals surface area contributed by atoms with Gasteiger partial charge in [-0.25, -0.2) is 0 Å². The second-order valence-electron chi connectivity index (χ2n) is 4.40. The molecular weight excluding hydrogens is 278 g/mol. The molecule has 2 rings (SSSR count). The molecule has 0 radical (unpaired) electrons. The number of benzene rings is 2. The maximum atomic E-state index is 6.13. The van der Waals surface area contributed by atoms with Crippen LogP contribution in [0.15, 0.2) is 36.4 Å². The summed E-state index contributed by atoms with van der Waals surface area (Å²) in [6, 6.07) is 11.3. The lowest BCUT2D eigenvalue weighted by Gasteiger charge is -2.12. The highest BCUT2D eigenvalue weighted by atomic mass is 35.5. The molecule has 2 aromatic rings. The van der Waals surface area contributed by atoms with Crippen LogP contribution in [0.2, 0.25) is 5.02 Å². The van der Waals surface area contributed by atoms with E-state index in [1.165, 1.54) is 0 Å². The first-order valence-corrected chi connectivity index (χ1v) is 6.60. The minimum atomic E-state index is 0.304. The first kappa shape index (κ1) is 13.8. The lowest BCUT2D eigenvalue weighted by Crippen LogP contribution is -2.10. The van der Waals surface area contributed by atoms with Gasteiger partial charge in [0.05, 0.1) is 10.6 Å². The average Bonchev–Trinajstić information content (AvgIpc) is 2.33. The Morgan fingerprint density at radius 1 is 1.05 bits per heavy atom. The number of rotatable bonds is 3. The molecule has 19 heavy (non-hydrogen) atoms. The number of thiocarbonyl (C=S) groups is 1. The van der Waals surface area contributed by atoms with E-state index in [1.807, 2.05) is 50.2 Å². The Kier molecular flexibility index (Phi) is 4.08. The van der Waals surface area contributed by atoms with Crippen molar-refractivity contribution < 1.29 is 4.74 Å². The van der Waals surface area contributed by atoms with Crippen LogP contribution in [0.3, 0.4) is 0 Å². The van der Waals surface area contributed by atoms with Crippen LogP contribution in [0, 0.1) is 13.8 Å². The van der Waals surface area contributed by atoms with Gasteiger partial charge in [-0.1, -0.05) is 36.0 Å². The summed E-state index contributed by atoms with van der Waals surface area (Å²) in [5.41, 5.74) is 8.55. The molecule has 0 aliphatic heterocycles. The molecule has 2 nitrogen and oxygen atoms in total. The maximum absolute atomic E-state index is 6.13. The topological polar surface area (TPSA) is 35.2 Å². The smallest absolute Gasteiger partial charge is 0.146 e. The molecule has 2 N–H and O–H groups in total. The molecule has 0 aliphatic rings. The van der Waals surface area contributed by atoms with Gasteiger partial charge in [0, 0.05) is 0 Å². The van der Waals surface area contributed by atoms with Gasteiger partial charge >= 0.3 is 0 Å². The number of hydrogen-bond donors (Lipinski definition) is 1. The molecule has 0 atom stereocenters. The van der Waals surface area contributed by atoms with Crippen molar-refractivity contribution in [3.63, 3.8) is 0 Å². The van der Waals surface area contributed by atoms with Crippen molar-refractivity contribution in [3.05, 3.63) is 58.1 Å². The van der Waals surface area contributed by atoms with Gasteiger partial charge in [0.15, 0.2) is 0 Å². The van der Waals surface area contributed by atoms with E-state index in [1.54, 1.807) is 0 Å². The van der Waals surface area contributed by atoms with E-state index in [0.29, 0.717) is 27.1 Å². The Hall–Kier alpha value is -1.58. The Bertz CT molecular complexity index is 640. The molecule has 0 aromatic heterocycles. The van der Waals surface area contributed by atoms with Crippen LogP contribution >= 0.6 is 23.8 Å². The summed E-state index contributed by atoms with van der Waals surface area (Å²) in [7, 11) is 0. The number of halogens is 1. The molecule has 0 unspecified atom stereocenters. The fourth-order valence-corrected chi connectivity index (χ4v) is 2.05. The van der Waals surface area contributed by atoms with Gasteiger partial charge in [-0.15, -0.1) is 0 Å². The lowest BCUT2D eigenvalue weighted by molar-refractivity contribution is 0.481. The van der Waals surface area contributed by atoms with Gasteiger partial charge in [0.2, 0.25) is 0 Å². The zero-order chi connectivity index (χ0) is 14.0. The van der Waals surface area contributed by atoms with Crippen LogP contribution in [-0.4, -0.2) is 4.99 Å². The zero-order valence-electron chi connectivity index (χ0n) is 10.7. The SMILES string of the molecule is Cc1ccc(Cl)c(Oc2cc(C)ccc2C(N)=S)c1. The summed E-state index contributed by atoms with van der Waals surface area (Å²) in [4.78, 5) is 0.304. The van der Waals surface area contributed by atoms with Gasteiger partial charge in [-0.3, -0.25) is 0 Å². The third-order valence-corrected chi connectivity index (χ3v) is 3.24. The second kappa shape index (κ2) is 5.59. The van der Waals surface area contributed by atoms with E-state index in [-0.39, 0.29) is 0 Å². The molecule has 0 saturated carbocycles. The van der Waals surface area contributed by atoms with Gasteiger partial charge in [0.25, 0.3) is 0 Å². The molecule has 0 saturated heterocycles. The molecule has 0 heterocycles. The Balaban J connectivity index is 2.45. The zero-order valence-corrected chi connectivity index (χ0v) is 12.3. The third kappa shape index (κ3) is 3.25. The van der Waals surface area contributed by atoms with Crippen LogP contribution in [-0.2, 0) is 0 Å². The van der Waals surface area contributed by atoms with Crippen molar-refractivity contribution in [2.75, 3.05) is 0 Å². The Morgan fingerprint density at radius 2 is 1.63 bits per heavy atom. The summed E-state index contributed by atoms with van der Waals surface area (Å²) in [5.74, 6) is 1.23. The van der Waals surface area contributed by atoms with Gasteiger partial charge in [-0.2, -0.15) is 0 Å². The van der Waals surface area contributed by atoms with Crippen LogP contribution in [0.25, 0.3) is 0 Å². The van der Waals surface area contributed by atoms with E-state index in [9.17, 15) is 0 Å². The number of nitrogens with two attached hydrogens (primary N) is 1. The van der Waals surface area contributed by atoms with Crippen molar-refractivity contribution in [2.45, 2.75) is 13.8 Å². The quantitative estimate of drug-likeness (QED) is 0.852. The summed E-state index contributed by atoms with van der Waals surface area (Å²) in [6.07, 6.45) is 0. The molecule has 0 aliphatic carbocycles. The maximum Gasteiger partial charge on any atom is 0.146 e. The summed E-state index contributed by atoms with van der Waals surface area (Å²) in [5, 5.41) is 0.556. The van der Waals surface area contributed by atoms with Gasteiger partial charge < -0.3 is 10.5 Å². The molecule has 2 aromatic carbocycles. The molecule has 0 bridgehead atoms. The summed E-state index contributed by atoms with van der Waals surface area (Å²) < 4.78 is 5.86. The largest absolute Gasteiger partial charge is 0.455 e. The van der Waals surface area contributed by atoms with Crippen molar-refractivity contribution >= 4 is 28.8 Å². The Labute approximate surface area is 123 Å². The monoisotopic (exact) mass is 291 g/mol. The lowest BCUT2D eigenvalue weighted by atomic mass is 10.1. The predicted octanol–water partition coefficient (Wildman–Crippen LogP) is 4.38. The molecule has 0 spiro atoms. The van der Waals surface area contributed by atoms with E-state index in [0.717, 1.165) is 11.1 Å². The molecule has 98 valence electrons. The standard InChI is InChI=1S/C15H14ClNOS/c1-9-3-5-11(15(17)19)13(7-9)18-14-8-10(2)4-6-12(14)16/h3-8H,1-2H3,(H2,17,19). The third-order valence-electron chi connectivity index (χ3n) is 2.71. The number of hydrogen-bond acceptors (Lipinski definition) is 2. The van der Waals surface area contributed by atoms with Crippen molar-refractivity contribution in [1.82, 2.24) is 0 Å². The molecular formula is C15H14ClNOS. The fourth-order valence-electron chi connectivity index (χ4n) is 1.72. The molecule has 4 heteroatoms. The van der Waals surface area contributed by atoms with Gasteiger partial charge in [-0.05, 0) is 49.2 Å². The highest BCUT2D eigenvalue weighted by molar-refractivity contribution is 7.80. The van der Waals surface area contributed by atoms with Crippen LogP contribution in [0.4, 0.5) is 0 Å². The van der Waals surface area contributed by atoms with E-state index >= 15 is 0 Å². The normalized spacial score (nSPS) is 10.3. The fraction of sp³-hybridized carbons (Fsp3) is 0.133. The predicted molar refractivity (Wildman–Crippen MR) is 83.3 cm³/mol. The highest BCUT2D eigenvalue weighted by Crippen LogP contribution is 2.32. The first-order chi connectivity index (χ1) is 8.97. The summed E-state index contributed by atoms with van der Waals surface area (Å²) >= 11 is 11.2. The van der Waals surface area contributed by atoms with Crippen LogP contribution in [0.5, 0.6) is 11.5 Å². The van der Waals surface area contributed by atoms with Crippen molar-refractivity contribution in [3.8, 4) is 11.5 Å². The Morgan fingerprint density at radius 3 is 2.26 bits per heavy atom. The van der Waals surface area contributed by atoms with Crippen LogP contribution < -0.4 is 10.5 Å². The van der Waals surface area contributed by atoms with Crippen LogP contribution in [0.1, 0.15) is 16.7 Å². The van der Waals surface area contributed by atoms with E-state index in [4.69, 9.17) is 34.3 Å². The average molecular weight is 292 g/mol.